The molecule has 1 aliphatic rings. The Labute approximate surface area is 250 Å². The summed E-state index contributed by atoms with van der Waals surface area (Å²) in [6.45, 7) is 0. The van der Waals surface area contributed by atoms with Gasteiger partial charge in [0.1, 0.15) is 46.0 Å². The zero-order valence-electron chi connectivity index (χ0n) is 23.7. The molecular weight excluding hydrogens is 627 g/mol. The van der Waals surface area contributed by atoms with Gasteiger partial charge in [-0.05, 0) is 0 Å². The summed E-state index contributed by atoms with van der Waals surface area (Å²) in [5.74, 6) is 3.17. The molecule has 12 nitrogen and oxygen atoms in total. The molecule has 41 heavy (non-hydrogen) atoms. The molecular formula is C28H28N4O8Pd-4. The summed E-state index contributed by atoms with van der Waals surface area (Å²) in [5.41, 5.74) is 3.54. The van der Waals surface area contributed by atoms with Crippen LogP contribution in [0.2, 0.25) is 0 Å². The van der Waals surface area contributed by atoms with Crippen molar-refractivity contribution in [2.45, 2.75) is 0 Å². The molecule has 5 heterocycles. The van der Waals surface area contributed by atoms with Crippen LogP contribution in [0.5, 0.6) is 46.0 Å². The maximum Gasteiger partial charge on any atom is 0.144 e. The summed E-state index contributed by atoms with van der Waals surface area (Å²) >= 11 is 0. The summed E-state index contributed by atoms with van der Waals surface area (Å²) in [4.78, 5) is 19.2. The molecule has 0 fully saturated rings. The largest absolute Gasteiger partial charge is 0.653 e. The number of rotatable bonds is 8. The molecule has 0 unspecified atom stereocenters. The summed E-state index contributed by atoms with van der Waals surface area (Å²) in [6, 6.07) is 0. The van der Waals surface area contributed by atoms with Crippen molar-refractivity contribution in [1.82, 2.24) is 19.9 Å². The van der Waals surface area contributed by atoms with E-state index in [1.807, 2.05) is 0 Å². The number of fused-ring (bicyclic) bond motifs is 10. The van der Waals surface area contributed by atoms with E-state index in [1.54, 1.807) is 24.3 Å². The molecule has 0 aliphatic carbocycles. The number of hydrogen-bond donors (Lipinski definition) is 0. The Morgan fingerprint density at radius 1 is 0.317 bits per heavy atom. The quantitative estimate of drug-likeness (QED) is 0.227. The Kier molecular flexibility index (Phi) is 8.70. The van der Waals surface area contributed by atoms with E-state index in [0.717, 1.165) is 0 Å². The summed E-state index contributed by atoms with van der Waals surface area (Å²) in [6.07, 6.45) is 6.94. The van der Waals surface area contributed by atoms with Gasteiger partial charge in [0.05, 0.1) is 56.9 Å². The van der Waals surface area contributed by atoms with Gasteiger partial charge in [-0.25, -0.2) is 0 Å². The predicted molar refractivity (Wildman–Crippen MR) is 147 cm³/mol. The molecule has 0 atom stereocenters. The molecule has 8 bridgehead atoms. The van der Waals surface area contributed by atoms with E-state index in [4.69, 9.17) is 57.8 Å². The molecule has 0 N–H and O–H groups in total. The van der Waals surface area contributed by atoms with E-state index in [0.29, 0.717) is 91.5 Å². The van der Waals surface area contributed by atoms with Gasteiger partial charge in [-0.1, -0.05) is 47.1 Å². The summed E-state index contributed by atoms with van der Waals surface area (Å²) < 4.78 is 45.6. The smallest absolute Gasteiger partial charge is 0.144 e. The van der Waals surface area contributed by atoms with Crippen molar-refractivity contribution in [3.05, 3.63) is 22.8 Å². The maximum absolute atomic E-state index is 5.71. The van der Waals surface area contributed by atoms with E-state index >= 15 is 0 Å². The first-order chi connectivity index (χ1) is 19.5. The molecule has 4 aromatic heterocycles. The topological polar surface area (TPSA) is 130 Å². The molecule has 0 aromatic carbocycles. The molecule has 1 aliphatic heterocycles. The van der Waals surface area contributed by atoms with Crippen molar-refractivity contribution >= 4 is 24.3 Å². The maximum atomic E-state index is 5.71. The van der Waals surface area contributed by atoms with Gasteiger partial charge in [-0.3, -0.25) is 0 Å². The van der Waals surface area contributed by atoms with Crippen molar-refractivity contribution in [2.24, 2.45) is 0 Å². The number of ether oxygens (including phenoxy) is 8. The van der Waals surface area contributed by atoms with Crippen LogP contribution >= 0.6 is 0 Å². The van der Waals surface area contributed by atoms with Gasteiger partial charge >= 0.3 is 0 Å². The van der Waals surface area contributed by atoms with Crippen molar-refractivity contribution in [3.8, 4) is 68.8 Å². The van der Waals surface area contributed by atoms with Crippen molar-refractivity contribution in [3.63, 3.8) is 0 Å². The van der Waals surface area contributed by atoms with Crippen LogP contribution in [0.25, 0.3) is 47.1 Å². The fourth-order valence-corrected chi connectivity index (χ4v) is 4.74. The predicted octanol–water partition coefficient (Wildman–Crippen LogP) is 3.57. The van der Waals surface area contributed by atoms with Crippen LogP contribution in [-0.4, -0.2) is 56.9 Å². The molecule has 0 saturated carbocycles. The zero-order chi connectivity index (χ0) is 28.6. The van der Waals surface area contributed by atoms with E-state index in [2.05, 4.69) is 0 Å². The molecule has 0 saturated heterocycles. The first-order valence-corrected chi connectivity index (χ1v) is 12.0. The minimum Gasteiger partial charge on any atom is -0.653 e. The van der Waals surface area contributed by atoms with Crippen LogP contribution in [0, 0.1) is 0 Å². The third kappa shape index (κ3) is 4.61. The van der Waals surface area contributed by atoms with Gasteiger partial charge in [0.2, 0.25) is 0 Å². The van der Waals surface area contributed by atoms with Gasteiger partial charge in [0.25, 0.3) is 0 Å². The minimum atomic E-state index is 0. The Morgan fingerprint density at radius 3 is 0.634 bits per heavy atom. The normalized spacial score (nSPS) is 13.1. The van der Waals surface area contributed by atoms with E-state index in [1.165, 1.54) is 56.9 Å². The third-order valence-corrected chi connectivity index (χ3v) is 6.42. The molecule has 5 rings (SSSR count). The standard InChI is InChI=1S/C28H28N4O8.Pd/c1-33-21-13-9-10-14-22(34-2)27(39-7)19(31-14)20-28(40-8)24(36-4)16(32-20)12-11-15-23(35-3)26(38-6)18(30-15)17(29-13)25(21)37-5;/h9-12H,1-8H3;/q-4;/b10-9-,12-11-,13-9?,14-10?,15-11?,16-12?,18-17?,20-19?;. The van der Waals surface area contributed by atoms with E-state index < -0.39 is 0 Å². The van der Waals surface area contributed by atoms with Crippen LogP contribution in [-0.2, 0) is 20.4 Å². The van der Waals surface area contributed by atoms with Crippen LogP contribution in [0.1, 0.15) is 22.8 Å². The monoisotopic (exact) mass is 654 g/mol. The van der Waals surface area contributed by atoms with Gasteiger partial charge in [-0.15, -0.1) is 22.8 Å². The Balaban J connectivity index is 0.00000387. The average molecular weight is 655 g/mol. The first kappa shape index (κ1) is 29.6. The van der Waals surface area contributed by atoms with Crippen LogP contribution in [0.3, 0.4) is 0 Å². The molecule has 13 heteroatoms. The number of nitrogens with zero attached hydrogens (tertiary/aromatic N) is 4. The number of aromatic nitrogens is 4. The SMILES string of the molecule is COc1c2[n-]c(c1OC)-c1[n-]c(c(OC)c1OC)/C=C\c1[n-]c(c(OC)c1OC)-c1[n-]c(c(OC)c1OC)/C=C\2.[Pd]. The minimum absolute atomic E-state index is 0. The Hall–Kier alpha value is -4.34. The molecule has 0 amide bonds. The summed E-state index contributed by atoms with van der Waals surface area (Å²) in [7, 11) is 12.3. The van der Waals surface area contributed by atoms with E-state index in [-0.39, 0.29) is 20.4 Å². The summed E-state index contributed by atoms with van der Waals surface area (Å²) in [5, 5.41) is 0. The number of methoxy groups -OCH3 is 8. The second-order valence-corrected chi connectivity index (χ2v) is 8.32. The fourth-order valence-electron chi connectivity index (χ4n) is 4.74. The van der Waals surface area contributed by atoms with Crippen LogP contribution in [0.4, 0.5) is 0 Å². The first-order valence-electron chi connectivity index (χ1n) is 12.0. The van der Waals surface area contributed by atoms with Gasteiger partial charge in [0, 0.05) is 20.4 Å². The molecule has 0 radical (unpaired) electrons. The molecule has 4 aromatic rings. The van der Waals surface area contributed by atoms with Gasteiger partial charge < -0.3 is 57.8 Å². The zero-order valence-corrected chi connectivity index (χ0v) is 25.2. The van der Waals surface area contributed by atoms with Crippen molar-refractivity contribution in [2.75, 3.05) is 56.9 Å². The van der Waals surface area contributed by atoms with Crippen molar-refractivity contribution in [1.29, 1.82) is 0 Å². The Morgan fingerprint density at radius 2 is 0.488 bits per heavy atom. The fraction of sp³-hybridized carbons (Fsp3) is 0.286. The van der Waals surface area contributed by atoms with Crippen LogP contribution in [0.15, 0.2) is 0 Å². The second kappa shape index (κ2) is 12.0. The third-order valence-electron chi connectivity index (χ3n) is 6.42. The van der Waals surface area contributed by atoms with Crippen LogP contribution < -0.4 is 57.8 Å². The second-order valence-electron chi connectivity index (χ2n) is 8.32. The molecule has 0 spiro atoms. The molecule has 222 valence electrons. The van der Waals surface area contributed by atoms with Crippen molar-refractivity contribution < 1.29 is 58.3 Å². The number of hydrogen-bond acceptors (Lipinski definition) is 8. The van der Waals surface area contributed by atoms with E-state index in [9.17, 15) is 0 Å². The van der Waals surface area contributed by atoms with Gasteiger partial charge in [0.15, 0.2) is 0 Å². The average Bonchev–Trinajstić information content (AvgIpc) is 3.71. The van der Waals surface area contributed by atoms with Gasteiger partial charge in [-0.2, -0.15) is 0 Å². The Bertz CT molecular complexity index is 1370.